The monoisotopic (exact) mass is 513 g/mol. The molecule has 0 spiro atoms. The minimum Gasteiger partial charge on any atom is -0.391 e. The van der Waals surface area contributed by atoms with Gasteiger partial charge in [0.05, 0.1) is 12.6 Å². The topological polar surface area (TPSA) is 114 Å². The lowest BCUT2D eigenvalue weighted by atomic mass is 10.1. The first kappa shape index (κ1) is 25.9. The number of nitrogens with zero attached hydrogens (tertiary/aromatic N) is 2. The van der Waals surface area contributed by atoms with Crippen LogP contribution in [0.15, 0.2) is 48.5 Å². The van der Waals surface area contributed by atoms with Crippen LogP contribution in [0.4, 0.5) is 21.9 Å². The number of carbonyl (C=O) groups excluding carboxylic acids is 3. The summed E-state index contributed by atoms with van der Waals surface area (Å²) in [5.41, 5.74) is 1.79. The van der Waals surface area contributed by atoms with E-state index in [1.54, 1.807) is 60.5 Å². The predicted octanol–water partition coefficient (Wildman–Crippen LogP) is 3.44. The number of β-amino-alcohol motifs (C(OH)–C–C–N with tert-alkyl or cyclic N) is 1. The Labute approximate surface area is 215 Å². The van der Waals surface area contributed by atoms with Gasteiger partial charge in [0.1, 0.15) is 6.04 Å². The summed E-state index contributed by atoms with van der Waals surface area (Å²) in [6.07, 6.45) is 3.99. The molecule has 2 aromatic rings. The van der Waals surface area contributed by atoms with E-state index >= 15 is 0 Å². The molecule has 4 N–H and O–H groups in total. The van der Waals surface area contributed by atoms with Crippen molar-refractivity contribution in [1.82, 2.24) is 10.2 Å². The van der Waals surface area contributed by atoms with Crippen molar-refractivity contribution in [3.8, 4) is 0 Å². The van der Waals surface area contributed by atoms with Crippen molar-refractivity contribution in [3.05, 3.63) is 53.6 Å². The van der Waals surface area contributed by atoms with Gasteiger partial charge in [-0.1, -0.05) is 24.4 Å². The first-order valence-electron chi connectivity index (χ1n) is 12.2. The molecule has 2 aliphatic rings. The van der Waals surface area contributed by atoms with E-state index < -0.39 is 24.1 Å². The Balaban J connectivity index is 1.32. The van der Waals surface area contributed by atoms with Crippen LogP contribution in [-0.4, -0.2) is 66.2 Å². The second kappa shape index (κ2) is 11.7. The molecule has 0 unspecified atom stereocenters. The van der Waals surface area contributed by atoms with Crippen LogP contribution < -0.4 is 20.9 Å². The van der Waals surface area contributed by atoms with E-state index in [9.17, 15) is 19.5 Å². The number of benzene rings is 2. The van der Waals surface area contributed by atoms with Gasteiger partial charge in [-0.05, 0) is 61.4 Å². The van der Waals surface area contributed by atoms with Crippen molar-refractivity contribution in [1.29, 1.82) is 0 Å². The highest BCUT2D eigenvalue weighted by atomic mass is 35.5. The van der Waals surface area contributed by atoms with E-state index in [0.717, 1.165) is 12.8 Å². The van der Waals surface area contributed by atoms with Crippen LogP contribution in [0.1, 0.15) is 32.1 Å². The normalized spacial score (nSPS) is 19.8. The van der Waals surface area contributed by atoms with Gasteiger partial charge in [0.2, 0.25) is 11.8 Å². The number of aliphatic hydroxyl groups is 1. The van der Waals surface area contributed by atoms with E-state index in [1.165, 1.54) is 17.7 Å². The van der Waals surface area contributed by atoms with Crippen molar-refractivity contribution in [2.24, 2.45) is 0 Å². The summed E-state index contributed by atoms with van der Waals surface area (Å²) in [4.78, 5) is 41.2. The highest BCUT2D eigenvalue weighted by molar-refractivity contribution is 6.30. The van der Waals surface area contributed by atoms with Gasteiger partial charge < -0.3 is 30.9 Å². The largest absolute Gasteiger partial charge is 0.391 e. The van der Waals surface area contributed by atoms with Crippen LogP contribution in [-0.2, 0) is 9.59 Å². The van der Waals surface area contributed by atoms with Crippen molar-refractivity contribution in [2.45, 2.75) is 50.3 Å². The molecule has 1 saturated carbocycles. The van der Waals surface area contributed by atoms with Crippen LogP contribution in [0.2, 0.25) is 5.02 Å². The Hall–Kier alpha value is -3.14. The highest BCUT2D eigenvalue weighted by Gasteiger charge is 2.39. The summed E-state index contributed by atoms with van der Waals surface area (Å²) in [5.74, 6) is -0.420. The van der Waals surface area contributed by atoms with E-state index in [0.29, 0.717) is 28.1 Å². The number of nitrogens with one attached hydrogen (secondary N) is 3. The average molecular weight is 514 g/mol. The van der Waals surface area contributed by atoms with Gasteiger partial charge in [0.15, 0.2) is 0 Å². The lowest BCUT2D eigenvalue weighted by Crippen LogP contribution is -2.45. The van der Waals surface area contributed by atoms with Gasteiger partial charge in [-0.3, -0.25) is 9.59 Å². The number of likely N-dealkylation sites (tertiary alicyclic amines) is 1. The molecule has 36 heavy (non-hydrogen) atoms. The van der Waals surface area contributed by atoms with E-state index in [-0.39, 0.29) is 25.4 Å². The van der Waals surface area contributed by atoms with Crippen molar-refractivity contribution in [3.63, 3.8) is 0 Å². The molecule has 2 aromatic carbocycles. The summed E-state index contributed by atoms with van der Waals surface area (Å²) >= 11 is 5.89. The molecule has 2 fully saturated rings. The maximum Gasteiger partial charge on any atom is 0.322 e. The fourth-order valence-electron chi connectivity index (χ4n) is 4.63. The van der Waals surface area contributed by atoms with Gasteiger partial charge in [-0.15, -0.1) is 0 Å². The summed E-state index contributed by atoms with van der Waals surface area (Å²) in [6.45, 7) is 0.343. The first-order valence-corrected chi connectivity index (χ1v) is 12.6. The van der Waals surface area contributed by atoms with Crippen molar-refractivity contribution >= 4 is 46.5 Å². The second-order valence-electron chi connectivity index (χ2n) is 9.35. The van der Waals surface area contributed by atoms with Crippen molar-refractivity contribution < 1.29 is 19.5 Å². The third-order valence-electron chi connectivity index (χ3n) is 6.73. The van der Waals surface area contributed by atoms with Gasteiger partial charge in [0, 0.05) is 48.1 Å². The molecule has 2 atom stereocenters. The SMILES string of the molecule is CN(C(=O)CNC1CCCC1)c1ccc(NC(=O)[C@H]2C[C@@H](O)CN2C(=O)Nc2ccc(Cl)cc2)cc1. The number of likely N-dealkylation sites (N-methyl/N-ethyl adjacent to an activating group) is 1. The molecule has 9 nitrogen and oxygen atoms in total. The number of anilines is 3. The van der Waals surface area contributed by atoms with E-state index in [1.807, 2.05) is 0 Å². The molecule has 1 saturated heterocycles. The number of aliphatic hydroxyl groups excluding tert-OH is 1. The number of hydrogen-bond acceptors (Lipinski definition) is 5. The molecule has 0 bridgehead atoms. The van der Waals surface area contributed by atoms with Gasteiger partial charge in [-0.2, -0.15) is 0 Å². The molecule has 0 radical (unpaired) electrons. The number of halogens is 1. The summed E-state index contributed by atoms with van der Waals surface area (Å²) < 4.78 is 0. The Morgan fingerprint density at radius 3 is 2.28 bits per heavy atom. The highest BCUT2D eigenvalue weighted by Crippen LogP contribution is 2.23. The van der Waals surface area contributed by atoms with Crippen LogP contribution in [0.3, 0.4) is 0 Å². The Morgan fingerprint density at radius 1 is 1.00 bits per heavy atom. The molecule has 4 amide bonds. The number of carbonyl (C=O) groups is 3. The summed E-state index contributed by atoms with van der Waals surface area (Å²) in [5, 5.41) is 19.6. The standard InChI is InChI=1S/C26H32ClN5O4/c1-31(24(34)15-28-18-4-2-3-5-18)21-12-10-19(11-13-21)29-25(35)23-14-22(33)16-32(23)26(36)30-20-8-6-17(27)7-9-20/h6-13,18,22-23,28,33H,2-5,14-16H2,1H3,(H,29,35)(H,30,36)/t22-,23-/m1/s1. The maximum atomic E-state index is 13.0. The lowest BCUT2D eigenvalue weighted by molar-refractivity contribution is -0.119. The molecule has 1 heterocycles. The fraction of sp³-hybridized carbons (Fsp3) is 0.423. The molecule has 0 aromatic heterocycles. The van der Waals surface area contributed by atoms with E-state index in [4.69, 9.17) is 11.6 Å². The maximum absolute atomic E-state index is 13.0. The quantitative estimate of drug-likeness (QED) is 0.453. The zero-order valence-electron chi connectivity index (χ0n) is 20.2. The second-order valence-corrected chi connectivity index (χ2v) is 9.78. The van der Waals surface area contributed by atoms with Crippen LogP contribution >= 0.6 is 11.6 Å². The molecule has 4 rings (SSSR count). The summed E-state index contributed by atoms with van der Waals surface area (Å²) in [6, 6.07) is 12.7. The van der Waals surface area contributed by atoms with Crippen molar-refractivity contribution in [2.75, 3.05) is 35.7 Å². The Kier molecular flexibility index (Phi) is 8.45. The third kappa shape index (κ3) is 6.54. The Morgan fingerprint density at radius 2 is 1.61 bits per heavy atom. The van der Waals surface area contributed by atoms with Gasteiger partial charge in [0.25, 0.3) is 0 Å². The van der Waals surface area contributed by atoms with Crippen LogP contribution in [0.5, 0.6) is 0 Å². The number of amides is 4. The molecule has 192 valence electrons. The smallest absolute Gasteiger partial charge is 0.322 e. The van der Waals surface area contributed by atoms with Gasteiger partial charge in [-0.25, -0.2) is 4.79 Å². The molecule has 1 aliphatic heterocycles. The molecular weight excluding hydrogens is 482 g/mol. The predicted molar refractivity (Wildman–Crippen MR) is 140 cm³/mol. The van der Waals surface area contributed by atoms with E-state index in [2.05, 4.69) is 16.0 Å². The molecule has 1 aliphatic carbocycles. The zero-order valence-corrected chi connectivity index (χ0v) is 21.0. The Bertz CT molecular complexity index is 1070. The number of rotatable bonds is 7. The lowest BCUT2D eigenvalue weighted by Gasteiger charge is -2.24. The summed E-state index contributed by atoms with van der Waals surface area (Å²) in [7, 11) is 1.73. The number of urea groups is 1. The third-order valence-corrected chi connectivity index (χ3v) is 6.98. The van der Waals surface area contributed by atoms with Gasteiger partial charge >= 0.3 is 6.03 Å². The minimum atomic E-state index is -0.821. The van der Waals surface area contributed by atoms with Crippen LogP contribution in [0.25, 0.3) is 0 Å². The zero-order chi connectivity index (χ0) is 25.7. The van der Waals surface area contributed by atoms with Crippen LogP contribution in [0, 0.1) is 0 Å². The molecule has 10 heteroatoms. The molecular formula is C26H32ClN5O4. The fourth-order valence-corrected chi connectivity index (χ4v) is 4.76. The first-order chi connectivity index (χ1) is 17.3. The minimum absolute atomic E-state index is 0.0269. The average Bonchev–Trinajstić information content (AvgIpc) is 3.53. The number of hydrogen-bond donors (Lipinski definition) is 4.